The van der Waals surface area contributed by atoms with Crippen molar-refractivity contribution in [1.82, 2.24) is 0 Å². The molecule has 1 heterocycles. The first-order valence-electron chi connectivity index (χ1n) is 15.2. The predicted octanol–water partition coefficient (Wildman–Crippen LogP) is 5.52. The minimum atomic E-state index is -1.32. The molecule has 3 aliphatic rings. The lowest BCUT2D eigenvalue weighted by Gasteiger charge is -2.42. The first-order chi connectivity index (χ1) is 18.9. The molecule has 6 heteroatoms. The molecule has 5 atom stereocenters. The Kier molecular flexibility index (Phi) is 12.2. The van der Waals surface area contributed by atoms with Crippen molar-refractivity contribution in [3.05, 3.63) is 58.7 Å². The molecular weight excluding hydrogens is 504 g/mol. The molecular formula is C34H52O6. The third-order valence-electron chi connectivity index (χ3n) is 9.18. The molecule has 2 fully saturated rings. The number of allylic oxidation sites excluding steroid dienone is 10. The number of ketones is 1. The van der Waals surface area contributed by atoms with E-state index < -0.39 is 37.1 Å². The summed E-state index contributed by atoms with van der Waals surface area (Å²) >= 11 is 0. The first kappa shape index (κ1) is 32.7. The summed E-state index contributed by atoms with van der Waals surface area (Å²) in [6.45, 7) is 10.6. The number of aliphatic hydroxyl groups is 4. The van der Waals surface area contributed by atoms with Crippen molar-refractivity contribution in [1.29, 1.82) is 0 Å². The van der Waals surface area contributed by atoms with Crippen LogP contribution in [0.15, 0.2) is 58.7 Å². The molecule has 0 spiro atoms. The summed E-state index contributed by atoms with van der Waals surface area (Å²) in [5.74, 6) is 0.823. The highest BCUT2D eigenvalue weighted by Crippen LogP contribution is 2.41. The fraction of sp³-hybridized carbons (Fsp3) is 0.676. The lowest BCUT2D eigenvalue weighted by Crippen LogP contribution is -2.58. The van der Waals surface area contributed by atoms with Crippen LogP contribution in [0.3, 0.4) is 0 Å². The summed E-state index contributed by atoms with van der Waals surface area (Å²) in [6.07, 6.45) is 15.6. The quantitative estimate of drug-likeness (QED) is 0.209. The Labute approximate surface area is 241 Å². The van der Waals surface area contributed by atoms with Gasteiger partial charge >= 0.3 is 0 Å². The van der Waals surface area contributed by atoms with Crippen LogP contribution in [0.4, 0.5) is 0 Å². The summed E-state index contributed by atoms with van der Waals surface area (Å²) in [6, 6.07) is 0. The molecule has 224 valence electrons. The van der Waals surface area contributed by atoms with Crippen LogP contribution in [0, 0.1) is 17.3 Å². The lowest BCUT2D eigenvalue weighted by atomic mass is 9.72. The monoisotopic (exact) mass is 556 g/mol. The van der Waals surface area contributed by atoms with Gasteiger partial charge in [-0.2, -0.15) is 0 Å². The molecule has 40 heavy (non-hydrogen) atoms. The molecule has 0 bridgehead atoms. The topological polar surface area (TPSA) is 107 Å². The van der Waals surface area contributed by atoms with Gasteiger partial charge in [-0.1, -0.05) is 68.2 Å². The summed E-state index contributed by atoms with van der Waals surface area (Å²) < 4.78 is 5.68. The predicted molar refractivity (Wildman–Crippen MR) is 160 cm³/mol. The van der Waals surface area contributed by atoms with Gasteiger partial charge < -0.3 is 25.2 Å². The van der Waals surface area contributed by atoms with Crippen LogP contribution in [0.1, 0.15) is 92.4 Å². The number of ether oxygens (including phenoxy) is 1. The molecule has 4 N–H and O–H groups in total. The van der Waals surface area contributed by atoms with E-state index in [2.05, 4.69) is 45.9 Å². The molecule has 1 saturated heterocycles. The van der Waals surface area contributed by atoms with E-state index in [1.54, 1.807) is 6.08 Å². The minimum absolute atomic E-state index is 0.155. The molecule has 2 aliphatic carbocycles. The SMILES string of the molecule is CC1=C(/C=C/C(C)=C/C=C/C(C)=C/C(=O)CC2CCC(C[C@@H]3O[C@H](CO)[C@@H](O)[C@H](O)[C@H]3O)CC2)C(C)(C)CCC1. The maximum Gasteiger partial charge on any atom is 0.156 e. The molecule has 0 aromatic carbocycles. The zero-order valence-corrected chi connectivity index (χ0v) is 25.2. The Morgan fingerprint density at radius 1 is 0.950 bits per heavy atom. The van der Waals surface area contributed by atoms with E-state index in [1.807, 2.05) is 19.1 Å². The summed E-state index contributed by atoms with van der Waals surface area (Å²) in [5.41, 5.74) is 5.31. The zero-order chi connectivity index (χ0) is 29.4. The lowest BCUT2D eigenvalue weighted by molar-refractivity contribution is -0.233. The Morgan fingerprint density at radius 2 is 1.60 bits per heavy atom. The maximum absolute atomic E-state index is 12.7. The van der Waals surface area contributed by atoms with Gasteiger partial charge in [0.25, 0.3) is 0 Å². The standard InChI is InChI=1S/C34H52O6/c1-22(11-16-28-24(3)10-7-17-34(28,4)5)8-6-9-23(2)18-27(36)19-25-12-14-26(15-13-25)20-29-31(37)33(39)32(38)30(21-35)40-29/h6,8-9,11,16,18,25-26,29-33,35,37-39H,7,10,12-15,17,19-21H2,1-5H3/b9-6+,16-11+,22-8+,23-18+/t25?,26?,29-,30+,31-,32+,33+/m0/s1. The fourth-order valence-corrected chi connectivity index (χ4v) is 6.65. The van der Waals surface area contributed by atoms with E-state index in [9.17, 15) is 25.2 Å². The Bertz CT molecular complexity index is 1010. The van der Waals surface area contributed by atoms with Crippen LogP contribution >= 0.6 is 0 Å². The average Bonchev–Trinajstić information content (AvgIpc) is 2.89. The van der Waals surface area contributed by atoms with E-state index in [4.69, 9.17) is 4.74 Å². The van der Waals surface area contributed by atoms with E-state index in [1.165, 1.54) is 36.0 Å². The molecule has 1 aliphatic heterocycles. The van der Waals surface area contributed by atoms with Gasteiger partial charge in [-0.25, -0.2) is 0 Å². The van der Waals surface area contributed by atoms with Crippen molar-refractivity contribution in [2.24, 2.45) is 17.3 Å². The summed E-state index contributed by atoms with van der Waals surface area (Å²) in [5, 5.41) is 39.8. The third kappa shape index (κ3) is 9.09. The van der Waals surface area contributed by atoms with Gasteiger partial charge in [0.2, 0.25) is 0 Å². The van der Waals surface area contributed by atoms with Gasteiger partial charge in [-0.15, -0.1) is 0 Å². The van der Waals surface area contributed by atoms with Crippen LogP contribution in [0.25, 0.3) is 0 Å². The average molecular weight is 557 g/mol. The van der Waals surface area contributed by atoms with E-state index in [0.717, 1.165) is 31.3 Å². The maximum atomic E-state index is 12.7. The molecule has 0 radical (unpaired) electrons. The number of carbonyl (C=O) groups excluding carboxylic acids is 1. The van der Waals surface area contributed by atoms with E-state index in [0.29, 0.717) is 24.7 Å². The molecule has 3 rings (SSSR count). The van der Waals surface area contributed by atoms with Crippen LogP contribution in [-0.2, 0) is 9.53 Å². The van der Waals surface area contributed by atoms with Crippen molar-refractivity contribution < 1.29 is 30.0 Å². The van der Waals surface area contributed by atoms with Gasteiger partial charge in [0.15, 0.2) is 5.78 Å². The van der Waals surface area contributed by atoms with Crippen molar-refractivity contribution in [2.75, 3.05) is 6.61 Å². The second kappa shape index (κ2) is 14.9. The zero-order valence-electron chi connectivity index (χ0n) is 25.2. The number of carbonyl (C=O) groups is 1. The normalized spacial score (nSPS) is 34.2. The Morgan fingerprint density at radius 3 is 2.25 bits per heavy atom. The Hall–Kier alpha value is -1.83. The van der Waals surface area contributed by atoms with Crippen molar-refractivity contribution in [2.45, 2.75) is 123 Å². The van der Waals surface area contributed by atoms with Gasteiger partial charge in [0.1, 0.15) is 24.4 Å². The number of hydrogen-bond donors (Lipinski definition) is 4. The highest BCUT2D eigenvalue weighted by atomic mass is 16.5. The fourth-order valence-electron chi connectivity index (χ4n) is 6.65. The van der Waals surface area contributed by atoms with Gasteiger partial charge in [0.05, 0.1) is 12.7 Å². The molecule has 0 unspecified atom stereocenters. The van der Waals surface area contributed by atoms with Gasteiger partial charge in [-0.3, -0.25) is 4.79 Å². The van der Waals surface area contributed by atoms with Crippen LogP contribution < -0.4 is 0 Å². The van der Waals surface area contributed by atoms with Crippen LogP contribution in [0.2, 0.25) is 0 Å². The van der Waals surface area contributed by atoms with Crippen molar-refractivity contribution >= 4 is 5.78 Å². The number of rotatable bonds is 10. The molecule has 1 saturated carbocycles. The molecule has 6 nitrogen and oxygen atoms in total. The number of aliphatic hydroxyl groups excluding tert-OH is 4. The molecule has 0 aromatic rings. The highest BCUT2D eigenvalue weighted by molar-refractivity contribution is 5.90. The smallest absolute Gasteiger partial charge is 0.156 e. The van der Waals surface area contributed by atoms with Gasteiger partial charge in [-0.05, 0) is 93.8 Å². The van der Waals surface area contributed by atoms with Crippen LogP contribution in [0.5, 0.6) is 0 Å². The first-order valence-corrected chi connectivity index (χ1v) is 15.2. The number of hydrogen-bond acceptors (Lipinski definition) is 6. The van der Waals surface area contributed by atoms with E-state index >= 15 is 0 Å². The largest absolute Gasteiger partial charge is 0.394 e. The molecule has 0 aromatic heterocycles. The Balaban J connectivity index is 1.43. The van der Waals surface area contributed by atoms with Gasteiger partial charge in [0, 0.05) is 6.42 Å². The summed E-state index contributed by atoms with van der Waals surface area (Å²) in [7, 11) is 0. The second-order valence-corrected chi connectivity index (χ2v) is 13.1. The third-order valence-corrected chi connectivity index (χ3v) is 9.18. The minimum Gasteiger partial charge on any atom is -0.394 e. The van der Waals surface area contributed by atoms with E-state index in [-0.39, 0.29) is 11.2 Å². The van der Waals surface area contributed by atoms with Crippen molar-refractivity contribution in [3.8, 4) is 0 Å². The molecule has 0 amide bonds. The van der Waals surface area contributed by atoms with Crippen molar-refractivity contribution in [3.63, 3.8) is 0 Å². The van der Waals surface area contributed by atoms with Crippen LogP contribution in [-0.4, -0.2) is 63.3 Å². The second-order valence-electron chi connectivity index (χ2n) is 13.1. The highest BCUT2D eigenvalue weighted by Gasteiger charge is 2.44. The summed E-state index contributed by atoms with van der Waals surface area (Å²) in [4.78, 5) is 12.7.